The van der Waals surface area contributed by atoms with Crippen molar-refractivity contribution < 1.29 is 13.9 Å². The first-order valence-corrected chi connectivity index (χ1v) is 15.9. The predicted octanol–water partition coefficient (Wildman–Crippen LogP) is 9.41. The second-order valence-corrected chi connectivity index (χ2v) is 12.7. The highest BCUT2D eigenvalue weighted by Crippen LogP contribution is 2.50. The average Bonchev–Trinajstić information content (AvgIpc) is 3.96. The van der Waals surface area contributed by atoms with E-state index in [1.807, 2.05) is 71.6 Å². The lowest BCUT2D eigenvalue weighted by molar-refractivity contribution is 0.315. The van der Waals surface area contributed by atoms with Gasteiger partial charge < -0.3 is 4.90 Å². The van der Waals surface area contributed by atoms with Gasteiger partial charge in [-0.15, -0.1) is 0 Å². The summed E-state index contributed by atoms with van der Waals surface area (Å²) in [4.78, 5) is 2.01. The molecule has 6 aromatic carbocycles. The highest BCUT2D eigenvalue weighted by atomic mass is 16.6. The lowest BCUT2D eigenvalue weighted by Gasteiger charge is -2.26. The van der Waals surface area contributed by atoms with E-state index >= 15 is 0 Å². The zero-order chi connectivity index (χ0) is 32.7. The van der Waals surface area contributed by atoms with Crippen molar-refractivity contribution in [1.82, 2.24) is 30.9 Å². The van der Waals surface area contributed by atoms with Gasteiger partial charge in [-0.25, -0.2) is 13.9 Å². The van der Waals surface area contributed by atoms with Crippen LogP contribution in [0.1, 0.15) is 25.0 Å². The molecule has 234 valence electrons. The molecule has 10 nitrogen and oxygen atoms in total. The molecule has 3 aromatic heterocycles. The molecule has 0 radical (unpaired) electrons. The maximum absolute atomic E-state index is 5.48. The highest BCUT2D eigenvalue weighted by molar-refractivity contribution is 6.09. The minimum Gasteiger partial charge on any atom is -0.303 e. The molecule has 0 saturated heterocycles. The van der Waals surface area contributed by atoms with Crippen molar-refractivity contribution in [3.63, 3.8) is 0 Å². The zero-order valence-corrected chi connectivity index (χ0v) is 26.3. The molecular weight excluding hydrogens is 614 g/mol. The number of benzene rings is 6. The van der Waals surface area contributed by atoms with Crippen LogP contribution in [0.15, 0.2) is 129 Å². The Kier molecular flexibility index (Phi) is 5.69. The van der Waals surface area contributed by atoms with E-state index in [2.05, 4.69) is 93.3 Å². The Morgan fingerprint density at radius 1 is 0.429 bits per heavy atom. The standard InChI is InChI=1S/C39H25N7O3/c1-39(2)28-12-7-6-11-26(28)27-16-15-23(21-29(27)39)25-18-20-33(38-35(25)42-49-45-38)46(31-14-8-13-30-36(31)43-47-40-30)32-19-17-24(22-9-4-3-5-10-22)34-37(32)44-48-41-34/h3-21H,1-2H3. The van der Waals surface area contributed by atoms with Crippen LogP contribution in [0.5, 0.6) is 0 Å². The Hall–Kier alpha value is -6.68. The van der Waals surface area contributed by atoms with E-state index < -0.39 is 0 Å². The molecule has 0 atom stereocenters. The summed E-state index contributed by atoms with van der Waals surface area (Å²) in [5, 5.41) is 26.0. The van der Waals surface area contributed by atoms with Crippen LogP contribution in [0, 0.1) is 0 Å². The third-order valence-electron chi connectivity index (χ3n) is 9.75. The summed E-state index contributed by atoms with van der Waals surface area (Å²) in [6, 6.07) is 39.1. The van der Waals surface area contributed by atoms with Gasteiger partial charge in [0.05, 0.1) is 17.1 Å². The van der Waals surface area contributed by atoms with Crippen LogP contribution in [0.4, 0.5) is 17.1 Å². The van der Waals surface area contributed by atoms with Crippen molar-refractivity contribution in [1.29, 1.82) is 0 Å². The summed E-state index contributed by atoms with van der Waals surface area (Å²) in [5.74, 6) is 0. The average molecular weight is 640 g/mol. The molecule has 0 saturated carbocycles. The van der Waals surface area contributed by atoms with Gasteiger partial charge in [0.15, 0.2) is 16.6 Å². The molecule has 0 unspecified atom stereocenters. The second kappa shape index (κ2) is 10.2. The Balaban J connectivity index is 1.18. The molecule has 1 aliphatic carbocycles. The van der Waals surface area contributed by atoms with Gasteiger partial charge >= 0.3 is 0 Å². The van der Waals surface area contributed by atoms with Gasteiger partial charge in [-0.2, -0.15) is 0 Å². The van der Waals surface area contributed by atoms with Crippen molar-refractivity contribution in [3.8, 4) is 33.4 Å². The summed E-state index contributed by atoms with van der Waals surface area (Å²) >= 11 is 0. The number of anilines is 3. The topological polar surface area (TPSA) is 120 Å². The van der Waals surface area contributed by atoms with E-state index in [-0.39, 0.29) is 5.41 Å². The normalized spacial score (nSPS) is 13.3. The van der Waals surface area contributed by atoms with Crippen LogP contribution in [0.2, 0.25) is 0 Å². The molecule has 0 N–H and O–H groups in total. The van der Waals surface area contributed by atoms with E-state index in [9.17, 15) is 0 Å². The molecule has 0 aliphatic heterocycles. The fourth-order valence-corrected chi connectivity index (χ4v) is 7.38. The molecule has 1 aliphatic rings. The fraction of sp³-hybridized carbons (Fsp3) is 0.0769. The van der Waals surface area contributed by atoms with Gasteiger partial charge in [0.2, 0.25) is 0 Å². The Morgan fingerprint density at radius 2 is 1.00 bits per heavy atom. The van der Waals surface area contributed by atoms with Crippen LogP contribution in [-0.2, 0) is 5.41 Å². The maximum atomic E-state index is 5.48. The van der Waals surface area contributed by atoms with Crippen LogP contribution >= 0.6 is 0 Å². The van der Waals surface area contributed by atoms with Crippen molar-refractivity contribution in [2.45, 2.75) is 19.3 Å². The molecule has 3 heterocycles. The second-order valence-electron chi connectivity index (χ2n) is 12.7. The third kappa shape index (κ3) is 3.94. The number of rotatable bonds is 5. The van der Waals surface area contributed by atoms with E-state index in [1.165, 1.54) is 22.3 Å². The summed E-state index contributed by atoms with van der Waals surface area (Å²) in [5.41, 5.74) is 14.4. The van der Waals surface area contributed by atoms with Gasteiger partial charge in [-0.1, -0.05) is 86.6 Å². The quantitative estimate of drug-likeness (QED) is 0.180. The largest absolute Gasteiger partial charge is 0.303 e. The van der Waals surface area contributed by atoms with Crippen molar-refractivity contribution in [2.75, 3.05) is 4.90 Å². The Morgan fingerprint density at radius 3 is 1.76 bits per heavy atom. The Labute approximate surface area is 278 Å². The minimum atomic E-state index is -0.146. The molecule has 10 heteroatoms. The maximum Gasteiger partial charge on any atom is 0.159 e. The van der Waals surface area contributed by atoms with Crippen LogP contribution in [0.3, 0.4) is 0 Å². The first-order valence-electron chi connectivity index (χ1n) is 15.9. The number of nitrogens with zero attached hydrogens (tertiary/aromatic N) is 7. The Bertz CT molecular complexity index is 2730. The minimum absolute atomic E-state index is 0.146. The smallest absolute Gasteiger partial charge is 0.159 e. The summed E-state index contributed by atoms with van der Waals surface area (Å²) < 4.78 is 16.0. The molecule has 0 bridgehead atoms. The molecule has 0 amide bonds. The first-order chi connectivity index (χ1) is 24.1. The van der Waals surface area contributed by atoms with Gasteiger partial charge in [0.25, 0.3) is 0 Å². The van der Waals surface area contributed by atoms with Gasteiger partial charge in [0.1, 0.15) is 16.6 Å². The molecule has 0 spiro atoms. The number of aromatic nitrogens is 6. The van der Waals surface area contributed by atoms with E-state index in [0.717, 1.165) is 22.3 Å². The van der Waals surface area contributed by atoms with Crippen LogP contribution < -0.4 is 4.90 Å². The fourth-order valence-electron chi connectivity index (χ4n) is 7.38. The van der Waals surface area contributed by atoms with E-state index in [4.69, 9.17) is 13.9 Å². The third-order valence-corrected chi connectivity index (χ3v) is 9.75. The SMILES string of the molecule is CC1(C)c2ccccc2-c2ccc(-c3ccc(N(c4cccc5nonc45)c4ccc(-c5ccccc5)c5nonc45)c4nonc34)cc21. The van der Waals surface area contributed by atoms with Gasteiger partial charge in [0, 0.05) is 16.5 Å². The molecule has 0 fully saturated rings. The molecule has 10 rings (SSSR count). The van der Waals surface area contributed by atoms with Crippen LogP contribution in [0.25, 0.3) is 66.5 Å². The monoisotopic (exact) mass is 639 g/mol. The molecule has 49 heavy (non-hydrogen) atoms. The summed E-state index contributed by atoms with van der Waals surface area (Å²) in [6.45, 7) is 4.55. The van der Waals surface area contributed by atoms with Crippen molar-refractivity contribution >= 4 is 50.2 Å². The first kappa shape index (κ1) is 27.4. The van der Waals surface area contributed by atoms with E-state index in [0.29, 0.717) is 50.2 Å². The van der Waals surface area contributed by atoms with Crippen LogP contribution in [-0.4, -0.2) is 30.9 Å². The number of fused-ring (bicyclic) bond motifs is 6. The van der Waals surface area contributed by atoms with Crippen molar-refractivity contribution in [2.24, 2.45) is 0 Å². The molecule has 9 aromatic rings. The summed E-state index contributed by atoms with van der Waals surface area (Å²) in [7, 11) is 0. The summed E-state index contributed by atoms with van der Waals surface area (Å²) in [6.07, 6.45) is 0. The number of hydrogen-bond donors (Lipinski definition) is 0. The van der Waals surface area contributed by atoms with Crippen molar-refractivity contribution in [3.05, 3.63) is 126 Å². The zero-order valence-electron chi connectivity index (χ0n) is 26.3. The lowest BCUT2D eigenvalue weighted by atomic mass is 9.81. The van der Waals surface area contributed by atoms with Gasteiger partial charge in [-0.3, -0.25) is 0 Å². The van der Waals surface area contributed by atoms with Gasteiger partial charge in [-0.05, 0) is 107 Å². The van der Waals surface area contributed by atoms with E-state index in [1.54, 1.807) is 0 Å². The molecular formula is C39H25N7O3. The number of hydrogen-bond acceptors (Lipinski definition) is 10. The lowest BCUT2D eigenvalue weighted by Crippen LogP contribution is -2.15. The predicted molar refractivity (Wildman–Crippen MR) is 186 cm³/mol. The highest BCUT2D eigenvalue weighted by Gasteiger charge is 2.35.